The van der Waals surface area contributed by atoms with Crippen molar-refractivity contribution in [3.8, 4) is 11.3 Å². The maximum absolute atomic E-state index is 14.7. The number of nitrogen functional groups attached to an aromatic ring is 1. The standard InChI is InChI=1S/C26H26F3N5O2/c27-16-4-1-5-17(28)22(16)24-18(29)10-19(31)25(33-24)21(36)9-13-11-32-23-15(6-7-20(23)35)26(13)34-8-2-3-14(30)12-34/h1,4-5,10-11,14,20,35H,2-3,6-9,12,30-31H2/t14-,20?/m0/s1. The van der Waals surface area contributed by atoms with Gasteiger partial charge in [0.15, 0.2) is 11.6 Å². The van der Waals surface area contributed by atoms with Crippen molar-refractivity contribution < 1.29 is 23.1 Å². The summed E-state index contributed by atoms with van der Waals surface area (Å²) in [6.07, 6.45) is 3.65. The Morgan fingerprint density at radius 3 is 2.64 bits per heavy atom. The topological polar surface area (TPSA) is 118 Å². The van der Waals surface area contributed by atoms with Crippen LogP contribution in [0.15, 0.2) is 30.5 Å². The van der Waals surface area contributed by atoms with E-state index in [-0.39, 0.29) is 23.8 Å². The predicted octanol–water partition coefficient (Wildman–Crippen LogP) is 3.48. The van der Waals surface area contributed by atoms with Crippen LogP contribution >= 0.6 is 0 Å². The largest absolute Gasteiger partial charge is 0.397 e. The average Bonchev–Trinajstić information content (AvgIpc) is 3.20. The van der Waals surface area contributed by atoms with E-state index in [9.17, 15) is 23.1 Å². The van der Waals surface area contributed by atoms with Gasteiger partial charge in [-0.3, -0.25) is 9.78 Å². The molecule has 2 aromatic heterocycles. The fourth-order valence-electron chi connectivity index (χ4n) is 5.17. The summed E-state index contributed by atoms with van der Waals surface area (Å²) in [5.74, 6) is -3.60. The van der Waals surface area contributed by atoms with E-state index in [2.05, 4.69) is 14.9 Å². The molecular formula is C26H26F3N5O2. The summed E-state index contributed by atoms with van der Waals surface area (Å²) in [5.41, 5.74) is 13.2. The molecule has 3 aromatic rings. The van der Waals surface area contributed by atoms with E-state index < -0.39 is 40.6 Å². The molecule has 5 rings (SSSR count). The molecule has 2 atom stereocenters. The summed E-state index contributed by atoms with van der Waals surface area (Å²) >= 11 is 0. The number of fused-ring (bicyclic) bond motifs is 1. The van der Waals surface area contributed by atoms with Crippen LogP contribution in [0.4, 0.5) is 24.5 Å². The fraction of sp³-hybridized carbons (Fsp3) is 0.346. The molecule has 0 bridgehead atoms. The number of hydrogen-bond donors (Lipinski definition) is 3. The molecule has 7 nitrogen and oxygen atoms in total. The van der Waals surface area contributed by atoms with Gasteiger partial charge in [-0.2, -0.15) is 0 Å². The summed E-state index contributed by atoms with van der Waals surface area (Å²) in [6.45, 7) is 1.34. The third kappa shape index (κ3) is 4.31. The van der Waals surface area contributed by atoms with Gasteiger partial charge in [-0.25, -0.2) is 18.2 Å². The van der Waals surface area contributed by atoms with E-state index in [1.807, 2.05) is 0 Å². The Hall–Kier alpha value is -3.50. The van der Waals surface area contributed by atoms with E-state index in [4.69, 9.17) is 11.5 Å². The number of aliphatic hydroxyl groups excluding tert-OH is 1. The van der Waals surface area contributed by atoms with Crippen LogP contribution in [0.25, 0.3) is 11.3 Å². The number of piperidine rings is 1. The van der Waals surface area contributed by atoms with Crippen LogP contribution in [0.3, 0.4) is 0 Å². The molecule has 10 heteroatoms. The van der Waals surface area contributed by atoms with Gasteiger partial charge < -0.3 is 21.5 Å². The lowest BCUT2D eigenvalue weighted by Gasteiger charge is -2.35. The zero-order valence-electron chi connectivity index (χ0n) is 19.5. The second-order valence-electron chi connectivity index (χ2n) is 9.35. The Kier molecular flexibility index (Phi) is 6.40. The number of nitrogens with two attached hydrogens (primary N) is 2. The van der Waals surface area contributed by atoms with E-state index in [1.165, 1.54) is 0 Å². The van der Waals surface area contributed by atoms with Crippen molar-refractivity contribution in [2.45, 2.75) is 44.2 Å². The number of halogens is 3. The van der Waals surface area contributed by atoms with Crippen LogP contribution in [-0.4, -0.2) is 40.0 Å². The maximum atomic E-state index is 14.7. The summed E-state index contributed by atoms with van der Waals surface area (Å²) in [5, 5.41) is 10.4. The Labute approximate surface area is 206 Å². The van der Waals surface area contributed by atoms with Gasteiger partial charge >= 0.3 is 0 Å². The van der Waals surface area contributed by atoms with Gasteiger partial charge in [0.2, 0.25) is 0 Å². The first-order valence-electron chi connectivity index (χ1n) is 11.9. The molecule has 5 N–H and O–H groups in total. The summed E-state index contributed by atoms with van der Waals surface area (Å²) < 4.78 is 43.3. The first kappa shape index (κ1) is 24.2. The first-order valence-corrected chi connectivity index (χ1v) is 11.9. The van der Waals surface area contributed by atoms with Crippen LogP contribution in [0, 0.1) is 17.5 Å². The number of carbonyl (C=O) groups excluding carboxylic acids is 1. The predicted molar refractivity (Wildman–Crippen MR) is 129 cm³/mol. The summed E-state index contributed by atoms with van der Waals surface area (Å²) in [4.78, 5) is 23.9. The molecule has 0 amide bonds. The summed E-state index contributed by atoms with van der Waals surface area (Å²) in [6, 6.07) is 3.95. The second kappa shape index (κ2) is 9.51. The van der Waals surface area contributed by atoms with Crippen LogP contribution in [0.5, 0.6) is 0 Å². The maximum Gasteiger partial charge on any atom is 0.187 e. The third-order valence-corrected chi connectivity index (χ3v) is 6.84. The molecule has 0 radical (unpaired) electrons. The molecule has 1 unspecified atom stereocenters. The zero-order chi connectivity index (χ0) is 25.6. The Balaban J connectivity index is 1.55. The molecule has 1 aliphatic heterocycles. The summed E-state index contributed by atoms with van der Waals surface area (Å²) in [7, 11) is 0. The highest BCUT2D eigenvalue weighted by Gasteiger charge is 2.31. The number of aromatic nitrogens is 2. The van der Waals surface area contributed by atoms with Gasteiger partial charge in [0.25, 0.3) is 0 Å². The number of rotatable bonds is 5. The number of hydrogen-bond acceptors (Lipinski definition) is 7. The molecule has 1 aromatic carbocycles. The molecular weight excluding hydrogens is 471 g/mol. The minimum absolute atomic E-state index is 0.0231. The Morgan fingerprint density at radius 2 is 1.92 bits per heavy atom. The molecule has 1 fully saturated rings. The minimum atomic E-state index is -1.04. The number of carbonyl (C=O) groups is 1. The van der Waals surface area contributed by atoms with Crippen LogP contribution in [0.1, 0.15) is 52.7 Å². The number of Topliss-reactive ketones (excluding diaryl/α,β-unsaturated/α-hetero) is 1. The number of anilines is 2. The lowest BCUT2D eigenvalue weighted by Crippen LogP contribution is -2.43. The van der Waals surface area contributed by atoms with E-state index in [0.29, 0.717) is 30.6 Å². The molecule has 188 valence electrons. The van der Waals surface area contributed by atoms with E-state index >= 15 is 0 Å². The van der Waals surface area contributed by atoms with Crippen molar-refractivity contribution in [3.63, 3.8) is 0 Å². The van der Waals surface area contributed by atoms with E-state index in [0.717, 1.165) is 54.9 Å². The third-order valence-electron chi connectivity index (χ3n) is 6.84. The minimum Gasteiger partial charge on any atom is -0.397 e. The van der Waals surface area contributed by atoms with Crippen LogP contribution in [0.2, 0.25) is 0 Å². The number of aliphatic hydroxyl groups is 1. The molecule has 36 heavy (non-hydrogen) atoms. The Morgan fingerprint density at radius 1 is 1.17 bits per heavy atom. The van der Waals surface area contributed by atoms with Gasteiger partial charge in [0.05, 0.1) is 23.0 Å². The van der Waals surface area contributed by atoms with Gasteiger partial charge in [0, 0.05) is 54.6 Å². The smallest absolute Gasteiger partial charge is 0.187 e. The molecule has 1 saturated heterocycles. The average molecular weight is 498 g/mol. The van der Waals surface area contributed by atoms with Crippen molar-refractivity contribution in [2.24, 2.45) is 5.73 Å². The highest BCUT2D eigenvalue weighted by atomic mass is 19.1. The highest BCUT2D eigenvalue weighted by molar-refractivity contribution is 6.01. The van der Waals surface area contributed by atoms with Gasteiger partial charge in [-0.1, -0.05) is 6.07 Å². The van der Waals surface area contributed by atoms with Gasteiger partial charge in [-0.05, 0) is 37.8 Å². The van der Waals surface area contributed by atoms with Gasteiger partial charge in [0.1, 0.15) is 23.0 Å². The molecule has 2 aliphatic rings. The van der Waals surface area contributed by atoms with Crippen LogP contribution in [-0.2, 0) is 12.8 Å². The number of pyridine rings is 2. The van der Waals surface area contributed by atoms with Gasteiger partial charge in [-0.15, -0.1) is 0 Å². The second-order valence-corrected chi connectivity index (χ2v) is 9.35. The first-order chi connectivity index (χ1) is 17.2. The zero-order valence-corrected chi connectivity index (χ0v) is 19.5. The Bertz CT molecular complexity index is 1330. The fourth-order valence-corrected chi connectivity index (χ4v) is 5.17. The van der Waals surface area contributed by atoms with Crippen molar-refractivity contribution in [2.75, 3.05) is 23.7 Å². The molecule has 0 saturated carbocycles. The molecule has 3 heterocycles. The SMILES string of the molecule is Nc1cc(F)c(-c2c(F)cccc2F)nc1C(=O)Cc1cnc2c(c1N1CCC[C@H](N)C1)CCC2O. The quantitative estimate of drug-likeness (QED) is 0.462. The van der Waals surface area contributed by atoms with Crippen molar-refractivity contribution in [1.29, 1.82) is 0 Å². The van der Waals surface area contributed by atoms with E-state index in [1.54, 1.807) is 6.20 Å². The highest BCUT2D eigenvalue weighted by Crippen LogP contribution is 2.39. The lowest BCUT2D eigenvalue weighted by atomic mass is 9.97. The number of benzene rings is 1. The molecule has 0 spiro atoms. The monoisotopic (exact) mass is 497 g/mol. The normalized spacial score (nSPS) is 19.4. The lowest BCUT2D eigenvalue weighted by molar-refractivity contribution is 0.0989. The van der Waals surface area contributed by atoms with Crippen molar-refractivity contribution >= 4 is 17.2 Å². The van der Waals surface area contributed by atoms with Crippen molar-refractivity contribution in [3.05, 3.63) is 70.4 Å². The number of ketones is 1. The van der Waals surface area contributed by atoms with Crippen molar-refractivity contribution in [1.82, 2.24) is 9.97 Å². The molecule has 1 aliphatic carbocycles. The van der Waals surface area contributed by atoms with Crippen LogP contribution < -0.4 is 16.4 Å². The number of nitrogens with zero attached hydrogens (tertiary/aromatic N) is 3.